The maximum Gasteiger partial charge on any atom is 0.244 e. The van der Waals surface area contributed by atoms with Gasteiger partial charge in [-0.25, -0.2) is 0 Å². The Morgan fingerprint density at radius 2 is 2.35 bits per heavy atom. The first kappa shape index (κ1) is 11.9. The Kier molecular flexibility index (Phi) is 3.33. The minimum atomic E-state index is -0.676. The molecule has 17 heavy (non-hydrogen) atoms. The molecule has 0 radical (unpaired) electrons. The van der Waals surface area contributed by atoms with Crippen molar-refractivity contribution in [1.29, 1.82) is 0 Å². The number of amides is 1. The van der Waals surface area contributed by atoms with E-state index in [9.17, 15) is 9.90 Å². The predicted molar refractivity (Wildman–Crippen MR) is 64.3 cm³/mol. The summed E-state index contributed by atoms with van der Waals surface area (Å²) < 4.78 is 5.30. The van der Waals surface area contributed by atoms with Crippen LogP contribution in [0.15, 0.2) is 22.6 Å². The molecule has 1 aliphatic carbocycles. The van der Waals surface area contributed by atoms with Crippen LogP contribution in [-0.4, -0.2) is 23.2 Å². The van der Waals surface area contributed by atoms with E-state index in [0.717, 1.165) is 25.0 Å². The molecule has 1 aromatic rings. The molecule has 0 saturated heterocycles. The van der Waals surface area contributed by atoms with Gasteiger partial charge in [-0.3, -0.25) is 4.79 Å². The van der Waals surface area contributed by atoms with E-state index in [1.807, 2.05) is 13.0 Å². The highest BCUT2D eigenvalue weighted by atomic mass is 16.3. The largest absolute Gasteiger partial charge is 0.462 e. The van der Waals surface area contributed by atoms with Gasteiger partial charge in [-0.15, -0.1) is 0 Å². The molecule has 92 valence electrons. The van der Waals surface area contributed by atoms with Crippen molar-refractivity contribution in [2.45, 2.75) is 31.8 Å². The third-order valence-corrected chi connectivity index (χ3v) is 3.04. The Hall–Kier alpha value is -1.55. The summed E-state index contributed by atoms with van der Waals surface area (Å²) in [5, 5.41) is 12.5. The zero-order valence-corrected chi connectivity index (χ0v) is 9.90. The van der Waals surface area contributed by atoms with Crippen LogP contribution in [0, 0.1) is 6.92 Å². The lowest BCUT2D eigenvalue weighted by Crippen LogP contribution is -2.47. The highest BCUT2D eigenvalue weighted by molar-refractivity contribution is 5.91. The smallest absolute Gasteiger partial charge is 0.244 e. The van der Waals surface area contributed by atoms with Crippen LogP contribution in [0.5, 0.6) is 0 Å². The van der Waals surface area contributed by atoms with Gasteiger partial charge in [0.1, 0.15) is 11.5 Å². The normalized spacial score (nSPS) is 18.0. The number of furan rings is 1. The second-order valence-corrected chi connectivity index (χ2v) is 4.58. The average Bonchev–Trinajstić information content (AvgIpc) is 2.67. The molecule has 0 aliphatic heterocycles. The molecule has 4 nitrogen and oxygen atoms in total. The third kappa shape index (κ3) is 3.20. The lowest BCUT2D eigenvalue weighted by atomic mass is 9.80. The summed E-state index contributed by atoms with van der Waals surface area (Å²) in [7, 11) is 0. The fraction of sp³-hybridized carbons (Fsp3) is 0.462. The van der Waals surface area contributed by atoms with E-state index < -0.39 is 5.60 Å². The van der Waals surface area contributed by atoms with Crippen LogP contribution >= 0.6 is 0 Å². The van der Waals surface area contributed by atoms with Gasteiger partial charge in [0.05, 0.1) is 5.60 Å². The lowest BCUT2D eigenvalue weighted by Gasteiger charge is -2.36. The minimum absolute atomic E-state index is 0.209. The highest BCUT2D eigenvalue weighted by Gasteiger charge is 2.34. The van der Waals surface area contributed by atoms with Gasteiger partial charge in [0, 0.05) is 12.6 Å². The fourth-order valence-electron chi connectivity index (χ4n) is 1.77. The molecule has 1 aromatic heterocycles. The van der Waals surface area contributed by atoms with Crippen molar-refractivity contribution >= 4 is 12.0 Å². The molecule has 4 heteroatoms. The van der Waals surface area contributed by atoms with Crippen LogP contribution in [0.4, 0.5) is 0 Å². The van der Waals surface area contributed by atoms with Crippen LogP contribution in [0.3, 0.4) is 0 Å². The number of carbonyl (C=O) groups excluding carboxylic acids is 1. The molecule has 1 amide bonds. The molecule has 0 atom stereocenters. The Bertz CT molecular complexity index is 430. The average molecular weight is 235 g/mol. The number of hydrogen-bond acceptors (Lipinski definition) is 3. The minimum Gasteiger partial charge on any atom is -0.462 e. The first-order valence-electron chi connectivity index (χ1n) is 5.82. The molecule has 0 spiro atoms. The van der Waals surface area contributed by atoms with Gasteiger partial charge in [-0.2, -0.15) is 0 Å². The van der Waals surface area contributed by atoms with Crippen molar-refractivity contribution in [1.82, 2.24) is 5.32 Å². The van der Waals surface area contributed by atoms with Crippen LogP contribution in [0.25, 0.3) is 6.08 Å². The van der Waals surface area contributed by atoms with Crippen LogP contribution in [0.1, 0.15) is 30.8 Å². The summed E-state index contributed by atoms with van der Waals surface area (Å²) in [4.78, 5) is 11.5. The van der Waals surface area contributed by atoms with E-state index in [-0.39, 0.29) is 5.91 Å². The molecule has 1 saturated carbocycles. The second-order valence-electron chi connectivity index (χ2n) is 4.58. The third-order valence-electron chi connectivity index (χ3n) is 3.04. The van der Waals surface area contributed by atoms with Gasteiger partial charge in [0.25, 0.3) is 0 Å². The van der Waals surface area contributed by atoms with Gasteiger partial charge in [-0.05, 0) is 44.4 Å². The van der Waals surface area contributed by atoms with Gasteiger partial charge in [0.2, 0.25) is 5.91 Å². The Morgan fingerprint density at radius 3 is 2.88 bits per heavy atom. The van der Waals surface area contributed by atoms with Crippen molar-refractivity contribution in [3.8, 4) is 0 Å². The van der Waals surface area contributed by atoms with Crippen LogP contribution < -0.4 is 5.32 Å². The van der Waals surface area contributed by atoms with E-state index in [4.69, 9.17) is 4.42 Å². The number of rotatable bonds is 4. The molecule has 0 unspecified atom stereocenters. The summed E-state index contributed by atoms with van der Waals surface area (Å²) in [5.74, 6) is 1.26. The lowest BCUT2D eigenvalue weighted by molar-refractivity contribution is -0.118. The maximum absolute atomic E-state index is 11.5. The Balaban J connectivity index is 1.79. The van der Waals surface area contributed by atoms with Crippen LogP contribution in [-0.2, 0) is 4.79 Å². The summed E-state index contributed by atoms with van der Waals surface area (Å²) in [6.45, 7) is 2.18. The van der Waals surface area contributed by atoms with Crippen molar-refractivity contribution in [3.63, 3.8) is 0 Å². The number of aliphatic hydroxyl groups is 1. The maximum atomic E-state index is 11.5. The SMILES string of the molecule is Cc1ccc(/C=C/C(=O)NCC2(O)CCC2)o1. The Labute approximate surface area is 100 Å². The van der Waals surface area contributed by atoms with E-state index in [1.54, 1.807) is 12.1 Å². The zero-order valence-electron chi connectivity index (χ0n) is 9.90. The van der Waals surface area contributed by atoms with E-state index in [2.05, 4.69) is 5.32 Å². The van der Waals surface area contributed by atoms with Crippen molar-refractivity contribution in [3.05, 3.63) is 29.7 Å². The van der Waals surface area contributed by atoms with Gasteiger partial charge < -0.3 is 14.8 Å². The molecule has 0 aromatic carbocycles. The molecular formula is C13H17NO3. The van der Waals surface area contributed by atoms with E-state index in [0.29, 0.717) is 12.3 Å². The molecular weight excluding hydrogens is 218 g/mol. The number of nitrogens with one attached hydrogen (secondary N) is 1. The predicted octanol–water partition coefficient (Wildman–Crippen LogP) is 1.63. The van der Waals surface area contributed by atoms with Crippen molar-refractivity contribution < 1.29 is 14.3 Å². The monoisotopic (exact) mass is 235 g/mol. The molecule has 2 rings (SSSR count). The standard InChI is InChI=1S/C13H17NO3/c1-10-3-4-11(17-10)5-6-12(15)14-9-13(16)7-2-8-13/h3-6,16H,2,7-9H2,1H3,(H,14,15)/b6-5+. The van der Waals surface area contributed by atoms with Gasteiger partial charge in [-0.1, -0.05) is 0 Å². The zero-order chi connectivity index (χ0) is 12.3. The number of carbonyl (C=O) groups is 1. The van der Waals surface area contributed by atoms with Crippen molar-refractivity contribution in [2.75, 3.05) is 6.54 Å². The fourth-order valence-corrected chi connectivity index (χ4v) is 1.77. The number of aryl methyl sites for hydroxylation is 1. The van der Waals surface area contributed by atoms with Gasteiger partial charge in [0.15, 0.2) is 0 Å². The summed E-state index contributed by atoms with van der Waals surface area (Å²) in [6.07, 6.45) is 5.62. The summed E-state index contributed by atoms with van der Waals surface area (Å²) in [5.41, 5.74) is -0.676. The first-order chi connectivity index (χ1) is 8.07. The summed E-state index contributed by atoms with van der Waals surface area (Å²) in [6, 6.07) is 3.65. The second kappa shape index (κ2) is 4.75. The molecule has 1 heterocycles. The van der Waals surface area contributed by atoms with Crippen molar-refractivity contribution in [2.24, 2.45) is 0 Å². The number of hydrogen-bond donors (Lipinski definition) is 2. The topological polar surface area (TPSA) is 62.5 Å². The van der Waals surface area contributed by atoms with E-state index in [1.165, 1.54) is 6.08 Å². The Morgan fingerprint density at radius 1 is 1.59 bits per heavy atom. The van der Waals surface area contributed by atoms with Gasteiger partial charge >= 0.3 is 0 Å². The van der Waals surface area contributed by atoms with Crippen LogP contribution in [0.2, 0.25) is 0 Å². The molecule has 1 aliphatic rings. The molecule has 0 bridgehead atoms. The first-order valence-corrected chi connectivity index (χ1v) is 5.82. The van der Waals surface area contributed by atoms with E-state index >= 15 is 0 Å². The summed E-state index contributed by atoms with van der Waals surface area (Å²) >= 11 is 0. The quantitative estimate of drug-likeness (QED) is 0.780. The molecule has 1 fully saturated rings. The highest BCUT2D eigenvalue weighted by Crippen LogP contribution is 2.30. The molecule has 2 N–H and O–H groups in total.